The van der Waals surface area contributed by atoms with Gasteiger partial charge >= 0.3 is 0 Å². The second-order valence-corrected chi connectivity index (χ2v) is 5.81. The molecule has 2 rings (SSSR count). The van der Waals surface area contributed by atoms with Crippen molar-refractivity contribution in [2.45, 2.75) is 18.9 Å². The number of hydrogen-bond donors (Lipinski definition) is 2. The van der Waals surface area contributed by atoms with Crippen molar-refractivity contribution in [3.05, 3.63) is 30.0 Å². The number of hydrogen-bond acceptors (Lipinski definition) is 5. The number of para-hydroxylation sites is 1. The van der Waals surface area contributed by atoms with Gasteiger partial charge in [-0.15, -0.1) is 0 Å². The quantitative estimate of drug-likeness (QED) is 0.823. The monoisotopic (exact) mass is 291 g/mol. The Morgan fingerprint density at radius 3 is 2.86 bits per heavy atom. The normalized spacial score (nSPS) is 14.3. The van der Waals surface area contributed by atoms with E-state index < -0.39 is 5.60 Å². The molecule has 0 saturated heterocycles. The van der Waals surface area contributed by atoms with Crippen molar-refractivity contribution in [1.29, 1.82) is 0 Å². The number of aliphatic hydroxyl groups is 1. The third-order valence-corrected chi connectivity index (χ3v) is 3.10. The zero-order valence-electron chi connectivity index (χ0n) is 12.6. The maximum atomic E-state index is 12.0. The van der Waals surface area contributed by atoms with Crippen molar-refractivity contribution in [1.82, 2.24) is 15.4 Å². The first-order valence-corrected chi connectivity index (χ1v) is 6.84. The molecule has 0 spiro atoms. The topological polar surface area (TPSA) is 78.6 Å². The number of likely N-dealkylation sites (N-methyl/N-ethyl adjacent to an activating group) is 1. The van der Waals surface area contributed by atoms with Crippen LogP contribution in [0.3, 0.4) is 0 Å². The van der Waals surface area contributed by atoms with Gasteiger partial charge in [0.15, 0.2) is 5.58 Å². The molecule has 1 aromatic heterocycles. The first kappa shape index (κ1) is 15.5. The minimum Gasteiger partial charge on any atom is -0.387 e. The van der Waals surface area contributed by atoms with Gasteiger partial charge in [0.1, 0.15) is 5.69 Å². The van der Waals surface area contributed by atoms with E-state index in [4.69, 9.17) is 4.52 Å². The largest absolute Gasteiger partial charge is 0.387 e. The van der Waals surface area contributed by atoms with Gasteiger partial charge in [0, 0.05) is 18.5 Å². The second-order valence-electron chi connectivity index (χ2n) is 5.81. The zero-order chi connectivity index (χ0) is 15.5. The molecule has 114 valence electrons. The molecule has 1 unspecified atom stereocenters. The van der Waals surface area contributed by atoms with Crippen LogP contribution >= 0.6 is 0 Å². The van der Waals surface area contributed by atoms with Gasteiger partial charge in [0.05, 0.1) is 12.0 Å². The molecular weight excluding hydrogens is 270 g/mol. The highest BCUT2D eigenvalue weighted by Gasteiger charge is 2.22. The van der Waals surface area contributed by atoms with Crippen molar-refractivity contribution in [3.8, 4) is 0 Å². The molecule has 2 aromatic rings. The Bertz CT molecular complexity index is 619. The average Bonchev–Trinajstić information content (AvgIpc) is 2.79. The molecule has 6 nitrogen and oxygen atoms in total. The highest BCUT2D eigenvalue weighted by atomic mass is 16.5. The van der Waals surface area contributed by atoms with Crippen molar-refractivity contribution in [3.63, 3.8) is 0 Å². The summed E-state index contributed by atoms with van der Waals surface area (Å²) in [6, 6.07) is 7.42. The number of carbonyl (C=O) groups excluding carboxylic acids is 1. The number of carbonyl (C=O) groups is 1. The highest BCUT2D eigenvalue weighted by Crippen LogP contribution is 2.18. The Morgan fingerprint density at radius 1 is 1.43 bits per heavy atom. The van der Waals surface area contributed by atoms with Gasteiger partial charge in [-0.25, -0.2) is 0 Å². The molecule has 0 aliphatic carbocycles. The van der Waals surface area contributed by atoms with Crippen LogP contribution < -0.4 is 5.32 Å². The standard InChI is InChI=1S/C15H21N3O3/c1-15(20,10-18(2)3)9-16-14(19)8-12-11-6-4-5-7-13(11)21-17-12/h4-7,20H,8-10H2,1-3H3,(H,16,19). The van der Waals surface area contributed by atoms with Crippen molar-refractivity contribution in [2.24, 2.45) is 0 Å². The summed E-state index contributed by atoms with van der Waals surface area (Å²) in [7, 11) is 3.75. The number of benzene rings is 1. The van der Waals surface area contributed by atoms with E-state index in [0.717, 1.165) is 5.39 Å². The maximum absolute atomic E-state index is 12.0. The third kappa shape index (κ3) is 4.27. The molecular formula is C15H21N3O3. The van der Waals surface area contributed by atoms with Gasteiger partial charge in [0.25, 0.3) is 0 Å². The zero-order valence-corrected chi connectivity index (χ0v) is 12.6. The van der Waals surface area contributed by atoms with E-state index in [9.17, 15) is 9.90 Å². The summed E-state index contributed by atoms with van der Waals surface area (Å²) in [5.41, 5.74) is 0.306. The number of fused-ring (bicyclic) bond motifs is 1. The second kappa shape index (κ2) is 6.24. The van der Waals surface area contributed by atoms with Crippen LogP contribution in [0.4, 0.5) is 0 Å². The molecule has 0 radical (unpaired) electrons. The molecule has 21 heavy (non-hydrogen) atoms. The fraction of sp³-hybridized carbons (Fsp3) is 0.467. The number of nitrogens with one attached hydrogen (secondary N) is 1. The van der Waals surface area contributed by atoms with Crippen LogP contribution in [0.5, 0.6) is 0 Å². The lowest BCUT2D eigenvalue weighted by Crippen LogP contribution is -2.47. The van der Waals surface area contributed by atoms with Gasteiger partial charge in [-0.2, -0.15) is 0 Å². The lowest BCUT2D eigenvalue weighted by molar-refractivity contribution is -0.121. The summed E-state index contributed by atoms with van der Waals surface area (Å²) in [6.07, 6.45) is 0.134. The van der Waals surface area contributed by atoms with Gasteiger partial charge in [0.2, 0.25) is 5.91 Å². The number of amides is 1. The summed E-state index contributed by atoms with van der Waals surface area (Å²) in [5, 5.41) is 17.6. The summed E-state index contributed by atoms with van der Waals surface area (Å²) >= 11 is 0. The Labute approximate surface area is 123 Å². The first-order chi connectivity index (χ1) is 9.87. The van der Waals surface area contributed by atoms with Crippen molar-refractivity contribution >= 4 is 16.9 Å². The molecule has 1 atom stereocenters. The van der Waals surface area contributed by atoms with Crippen LogP contribution in [0.25, 0.3) is 11.0 Å². The van der Waals surface area contributed by atoms with Crippen LogP contribution in [0.1, 0.15) is 12.6 Å². The molecule has 1 aromatic carbocycles. The lowest BCUT2D eigenvalue weighted by atomic mass is 10.1. The first-order valence-electron chi connectivity index (χ1n) is 6.84. The SMILES string of the molecule is CN(C)CC(C)(O)CNC(=O)Cc1noc2ccccc12. The number of rotatable bonds is 6. The fourth-order valence-corrected chi connectivity index (χ4v) is 2.31. The summed E-state index contributed by atoms with van der Waals surface area (Å²) < 4.78 is 5.16. The van der Waals surface area contributed by atoms with E-state index in [0.29, 0.717) is 17.8 Å². The van der Waals surface area contributed by atoms with E-state index in [1.165, 1.54) is 0 Å². The third-order valence-electron chi connectivity index (χ3n) is 3.10. The minimum absolute atomic E-state index is 0.134. The highest BCUT2D eigenvalue weighted by molar-refractivity contribution is 5.86. The summed E-state index contributed by atoms with van der Waals surface area (Å²) in [5.74, 6) is -0.187. The molecule has 1 amide bonds. The fourth-order valence-electron chi connectivity index (χ4n) is 2.31. The van der Waals surface area contributed by atoms with E-state index in [1.54, 1.807) is 6.92 Å². The predicted molar refractivity (Wildman–Crippen MR) is 79.9 cm³/mol. The Hall–Kier alpha value is -1.92. The maximum Gasteiger partial charge on any atom is 0.226 e. The molecule has 2 N–H and O–H groups in total. The Balaban J connectivity index is 1.93. The number of aromatic nitrogens is 1. The van der Waals surface area contributed by atoms with E-state index in [1.807, 2.05) is 43.3 Å². The van der Waals surface area contributed by atoms with E-state index >= 15 is 0 Å². The summed E-state index contributed by atoms with van der Waals surface area (Å²) in [4.78, 5) is 13.8. The van der Waals surface area contributed by atoms with E-state index in [2.05, 4.69) is 10.5 Å². The predicted octanol–water partition coefficient (Wildman–Crippen LogP) is 0.799. The van der Waals surface area contributed by atoms with Gasteiger partial charge in [-0.3, -0.25) is 4.79 Å². The summed E-state index contributed by atoms with van der Waals surface area (Å²) in [6.45, 7) is 2.36. The van der Waals surface area contributed by atoms with Crippen molar-refractivity contribution in [2.75, 3.05) is 27.2 Å². The Morgan fingerprint density at radius 2 is 2.14 bits per heavy atom. The lowest BCUT2D eigenvalue weighted by Gasteiger charge is -2.27. The van der Waals surface area contributed by atoms with Crippen LogP contribution in [0.2, 0.25) is 0 Å². The van der Waals surface area contributed by atoms with Gasteiger partial charge in [-0.1, -0.05) is 17.3 Å². The molecule has 0 saturated carbocycles. The van der Waals surface area contributed by atoms with Gasteiger partial charge < -0.3 is 19.8 Å². The van der Waals surface area contributed by atoms with Crippen LogP contribution in [-0.2, 0) is 11.2 Å². The van der Waals surface area contributed by atoms with Crippen LogP contribution in [0, 0.1) is 0 Å². The molecule has 1 heterocycles. The van der Waals surface area contributed by atoms with Crippen LogP contribution in [0.15, 0.2) is 28.8 Å². The minimum atomic E-state index is -0.967. The smallest absolute Gasteiger partial charge is 0.226 e. The molecule has 0 fully saturated rings. The molecule has 6 heteroatoms. The Kier molecular flexibility index (Phi) is 4.59. The molecule has 0 aliphatic rings. The van der Waals surface area contributed by atoms with E-state index in [-0.39, 0.29) is 18.9 Å². The molecule has 0 aliphatic heterocycles. The number of nitrogens with zero attached hydrogens (tertiary/aromatic N) is 2. The van der Waals surface area contributed by atoms with Gasteiger partial charge in [-0.05, 0) is 33.2 Å². The molecule has 0 bridgehead atoms. The van der Waals surface area contributed by atoms with Crippen LogP contribution in [-0.4, -0.2) is 53.9 Å². The average molecular weight is 291 g/mol. The van der Waals surface area contributed by atoms with Crippen molar-refractivity contribution < 1.29 is 14.4 Å².